The van der Waals surface area contributed by atoms with Crippen molar-refractivity contribution < 1.29 is 4.79 Å². The number of aromatic amines is 1. The van der Waals surface area contributed by atoms with Crippen molar-refractivity contribution >= 4 is 23.1 Å². The van der Waals surface area contributed by atoms with Crippen LogP contribution < -0.4 is 11.1 Å². The molecule has 27 heavy (non-hydrogen) atoms. The molecule has 8 nitrogen and oxygen atoms in total. The van der Waals surface area contributed by atoms with Crippen molar-refractivity contribution in [1.82, 2.24) is 20.4 Å². The van der Waals surface area contributed by atoms with Crippen molar-refractivity contribution in [3.8, 4) is 11.3 Å². The average molecular weight is 363 g/mol. The molecule has 1 amide bonds. The first-order valence-corrected chi connectivity index (χ1v) is 8.87. The number of hydrogen-bond donors (Lipinski definition) is 4. The molecule has 1 aromatic carbocycles. The highest BCUT2D eigenvalue weighted by atomic mass is 16.2. The van der Waals surface area contributed by atoms with Crippen LogP contribution in [0.1, 0.15) is 18.9 Å². The van der Waals surface area contributed by atoms with Gasteiger partial charge in [0, 0.05) is 36.6 Å². The standard InChI is InChI=1S/C19H21N7O/c1-11(19(27)26-7-2-8-26)22-10-14-17(20)13-4-3-12(15-5-6-23-25-15)9-16(13)24-18(14)21/h3-6,9-11,20,22H,2,7-8H2,1H3,(H2,21,24)(H,23,25)/b14-10+,20-17?. The summed E-state index contributed by atoms with van der Waals surface area (Å²) in [5.74, 6) is 0.311. The number of benzene rings is 1. The minimum atomic E-state index is -0.373. The Kier molecular flexibility index (Phi) is 4.23. The average Bonchev–Trinajstić information content (AvgIpc) is 3.14. The van der Waals surface area contributed by atoms with Gasteiger partial charge in [0.2, 0.25) is 5.91 Å². The second-order valence-corrected chi connectivity index (χ2v) is 6.70. The zero-order valence-electron chi connectivity index (χ0n) is 15.0. The quantitative estimate of drug-likeness (QED) is 0.658. The zero-order chi connectivity index (χ0) is 19.0. The monoisotopic (exact) mass is 363 g/mol. The Morgan fingerprint density at radius 3 is 2.89 bits per heavy atom. The third-order valence-electron chi connectivity index (χ3n) is 4.88. The maximum absolute atomic E-state index is 12.2. The summed E-state index contributed by atoms with van der Waals surface area (Å²) in [5.41, 5.74) is 10.0. The number of H-pyrrole nitrogens is 1. The first kappa shape index (κ1) is 17.0. The van der Waals surface area contributed by atoms with Crippen molar-refractivity contribution in [2.45, 2.75) is 19.4 Å². The first-order chi connectivity index (χ1) is 13.0. The molecule has 0 spiro atoms. The lowest BCUT2D eigenvalue weighted by Crippen LogP contribution is -2.49. The summed E-state index contributed by atoms with van der Waals surface area (Å²) in [4.78, 5) is 18.5. The highest BCUT2D eigenvalue weighted by Gasteiger charge is 2.26. The molecular formula is C19H21N7O. The Bertz CT molecular complexity index is 954. The minimum Gasteiger partial charge on any atom is -0.383 e. The van der Waals surface area contributed by atoms with Gasteiger partial charge in [-0.15, -0.1) is 0 Å². The van der Waals surface area contributed by atoms with E-state index in [0.29, 0.717) is 16.8 Å². The van der Waals surface area contributed by atoms with Gasteiger partial charge in [-0.2, -0.15) is 5.10 Å². The lowest BCUT2D eigenvalue weighted by molar-refractivity contribution is -0.136. The predicted molar refractivity (Wildman–Crippen MR) is 104 cm³/mol. The summed E-state index contributed by atoms with van der Waals surface area (Å²) in [6.07, 6.45) is 4.36. The zero-order valence-corrected chi connectivity index (χ0v) is 15.0. The van der Waals surface area contributed by atoms with Gasteiger partial charge >= 0.3 is 0 Å². The van der Waals surface area contributed by atoms with Crippen LogP contribution in [0.5, 0.6) is 0 Å². The van der Waals surface area contributed by atoms with Gasteiger partial charge in [0.1, 0.15) is 11.9 Å². The topological polar surface area (TPSA) is 123 Å². The van der Waals surface area contributed by atoms with Gasteiger partial charge in [-0.3, -0.25) is 15.3 Å². The van der Waals surface area contributed by atoms with Crippen molar-refractivity contribution in [3.63, 3.8) is 0 Å². The third-order valence-corrected chi connectivity index (χ3v) is 4.88. The summed E-state index contributed by atoms with van der Waals surface area (Å²) in [6.45, 7) is 3.43. The number of likely N-dealkylation sites (tertiary alicyclic amines) is 1. The van der Waals surface area contributed by atoms with Gasteiger partial charge in [0.05, 0.1) is 22.7 Å². The molecular weight excluding hydrogens is 342 g/mol. The van der Waals surface area contributed by atoms with Gasteiger partial charge in [0.25, 0.3) is 0 Å². The Morgan fingerprint density at radius 2 is 2.22 bits per heavy atom. The number of carbonyl (C=O) groups excluding carboxylic acids is 1. The number of carbonyl (C=O) groups is 1. The molecule has 138 valence electrons. The molecule has 2 aliphatic heterocycles. The van der Waals surface area contributed by atoms with E-state index >= 15 is 0 Å². The molecule has 0 saturated carbocycles. The molecule has 5 N–H and O–H groups in total. The number of nitrogens with zero attached hydrogens (tertiary/aromatic N) is 3. The summed E-state index contributed by atoms with van der Waals surface area (Å²) in [5, 5.41) is 18.4. The second-order valence-electron chi connectivity index (χ2n) is 6.70. The lowest BCUT2D eigenvalue weighted by atomic mass is 9.95. The molecule has 1 fully saturated rings. The molecule has 2 aliphatic rings. The van der Waals surface area contributed by atoms with Gasteiger partial charge in [-0.1, -0.05) is 6.07 Å². The van der Waals surface area contributed by atoms with Crippen LogP contribution in [-0.4, -0.2) is 51.7 Å². The largest absolute Gasteiger partial charge is 0.383 e. The van der Waals surface area contributed by atoms with Gasteiger partial charge < -0.3 is 16.0 Å². The summed E-state index contributed by atoms with van der Waals surface area (Å²) in [7, 11) is 0. The smallest absolute Gasteiger partial charge is 0.244 e. The normalized spacial score (nSPS) is 18.6. The van der Waals surface area contributed by atoms with Crippen LogP contribution in [0.3, 0.4) is 0 Å². The molecule has 1 aromatic heterocycles. The molecule has 2 aromatic rings. The summed E-state index contributed by atoms with van der Waals surface area (Å²) in [6, 6.07) is 7.15. The van der Waals surface area contributed by atoms with E-state index in [9.17, 15) is 4.79 Å². The lowest BCUT2D eigenvalue weighted by Gasteiger charge is -2.33. The highest BCUT2D eigenvalue weighted by molar-refractivity contribution is 6.32. The number of amides is 1. The predicted octanol–water partition coefficient (Wildman–Crippen LogP) is 1.54. The van der Waals surface area contributed by atoms with E-state index in [4.69, 9.17) is 11.1 Å². The molecule has 8 heteroatoms. The molecule has 1 atom stereocenters. The highest BCUT2D eigenvalue weighted by Crippen LogP contribution is 2.31. The van der Waals surface area contributed by atoms with Crippen LogP contribution in [0.4, 0.5) is 5.69 Å². The number of nitrogens with two attached hydrogens (primary N) is 1. The van der Waals surface area contributed by atoms with Gasteiger partial charge in [-0.25, -0.2) is 4.99 Å². The van der Waals surface area contributed by atoms with Crippen LogP contribution in [0, 0.1) is 5.41 Å². The van der Waals surface area contributed by atoms with Crippen molar-refractivity contribution in [3.05, 3.63) is 47.8 Å². The molecule has 0 bridgehead atoms. The number of fused-ring (bicyclic) bond motifs is 1. The summed E-state index contributed by atoms with van der Waals surface area (Å²) >= 11 is 0. The fourth-order valence-electron chi connectivity index (χ4n) is 3.12. The Balaban J connectivity index is 1.56. The molecule has 0 radical (unpaired) electrons. The van der Waals surface area contributed by atoms with E-state index in [1.54, 1.807) is 12.4 Å². The SMILES string of the molecule is CC(N/C=C1\C(=N)c2ccc(-c3ccn[nH]3)cc2N=C1N)C(=O)N1CCC1. The second kappa shape index (κ2) is 6.71. The van der Waals surface area contributed by atoms with Crippen molar-refractivity contribution in [2.24, 2.45) is 10.7 Å². The Hall–Kier alpha value is -3.42. The van der Waals surface area contributed by atoms with Crippen LogP contribution in [0.15, 0.2) is 47.2 Å². The molecule has 4 rings (SSSR count). The van der Waals surface area contributed by atoms with E-state index in [-0.39, 0.29) is 23.5 Å². The number of amidine groups is 1. The molecule has 1 unspecified atom stereocenters. The number of rotatable bonds is 4. The van der Waals surface area contributed by atoms with E-state index < -0.39 is 0 Å². The van der Waals surface area contributed by atoms with Crippen LogP contribution in [0.2, 0.25) is 0 Å². The van der Waals surface area contributed by atoms with Crippen molar-refractivity contribution in [2.75, 3.05) is 13.1 Å². The number of hydrogen-bond acceptors (Lipinski definition) is 6. The number of nitrogens with one attached hydrogen (secondary N) is 3. The van der Waals surface area contributed by atoms with Crippen molar-refractivity contribution in [1.29, 1.82) is 5.41 Å². The van der Waals surface area contributed by atoms with E-state index in [1.807, 2.05) is 36.1 Å². The maximum atomic E-state index is 12.2. The van der Waals surface area contributed by atoms with E-state index in [1.165, 1.54) is 0 Å². The van der Waals surface area contributed by atoms with Crippen LogP contribution >= 0.6 is 0 Å². The fraction of sp³-hybridized carbons (Fsp3) is 0.263. The fourth-order valence-corrected chi connectivity index (χ4v) is 3.12. The van der Waals surface area contributed by atoms with Gasteiger partial charge in [0.15, 0.2) is 0 Å². The summed E-state index contributed by atoms with van der Waals surface area (Å²) < 4.78 is 0. The number of aromatic nitrogens is 2. The molecule has 3 heterocycles. The van der Waals surface area contributed by atoms with Crippen LogP contribution in [-0.2, 0) is 4.79 Å². The van der Waals surface area contributed by atoms with Gasteiger partial charge in [-0.05, 0) is 31.5 Å². The van der Waals surface area contributed by atoms with Crippen LogP contribution in [0.25, 0.3) is 11.3 Å². The maximum Gasteiger partial charge on any atom is 0.244 e. The Morgan fingerprint density at radius 1 is 1.41 bits per heavy atom. The third kappa shape index (κ3) is 3.10. The molecule has 1 saturated heterocycles. The Labute approximate surface area is 156 Å². The molecule has 0 aliphatic carbocycles. The minimum absolute atomic E-state index is 0.0561. The van der Waals surface area contributed by atoms with E-state index in [0.717, 1.165) is 30.8 Å². The van der Waals surface area contributed by atoms with E-state index in [2.05, 4.69) is 20.5 Å². The first-order valence-electron chi connectivity index (χ1n) is 8.87. The number of aliphatic imine (C=N–C) groups is 1.